The molecular weight excluding hydrogens is 224 g/mol. The number of fused-ring (bicyclic) bond motifs is 1. The molecule has 94 valence electrons. The van der Waals surface area contributed by atoms with E-state index in [1.807, 2.05) is 35.4 Å². The van der Waals surface area contributed by atoms with Crippen molar-refractivity contribution in [2.24, 2.45) is 11.8 Å². The Bertz CT molecular complexity index is 577. The van der Waals surface area contributed by atoms with Crippen molar-refractivity contribution in [1.29, 1.82) is 0 Å². The summed E-state index contributed by atoms with van der Waals surface area (Å²) < 4.78 is 0. The lowest BCUT2D eigenvalue weighted by molar-refractivity contribution is 0.0787. The average molecular weight is 242 g/mol. The minimum absolute atomic E-state index is 0.152. The predicted octanol–water partition coefficient (Wildman–Crippen LogP) is 2.90. The molecule has 0 bridgehead atoms. The van der Waals surface area contributed by atoms with Crippen LogP contribution in [0.1, 0.15) is 24.2 Å². The molecule has 3 rings (SSSR count). The Morgan fingerprint density at radius 1 is 1.22 bits per heavy atom. The van der Waals surface area contributed by atoms with E-state index >= 15 is 0 Å². The van der Waals surface area contributed by atoms with Crippen LogP contribution in [0.3, 0.4) is 0 Å². The first-order valence-corrected chi connectivity index (χ1v) is 6.52. The number of amides is 1. The first-order valence-electron chi connectivity index (χ1n) is 6.52. The molecule has 18 heavy (non-hydrogen) atoms. The van der Waals surface area contributed by atoms with Crippen LogP contribution in [0.4, 0.5) is 0 Å². The summed E-state index contributed by atoms with van der Waals surface area (Å²) >= 11 is 0. The van der Waals surface area contributed by atoms with Crippen LogP contribution >= 0.6 is 0 Å². The first kappa shape index (κ1) is 11.3. The van der Waals surface area contributed by atoms with E-state index in [1.54, 1.807) is 0 Å². The lowest BCUT2D eigenvalue weighted by Gasteiger charge is -2.16. The zero-order chi connectivity index (χ0) is 12.7. The van der Waals surface area contributed by atoms with Crippen molar-refractivity contribution in [2.75, 3.05) is 13.1 Å². The molecular formula is C15H18N2O. The molecule has 2 unspecified atom stereocenters. The van der Waals surface area contributed by atoms with E-state index in [0.717, 1.165) is 29.6 Å². The Kier molecular flexibility index (Phi) is 2.62. The lowest BCUT2D eigenvalue weighted by atomic mass is 10.0. The third kappa shape index (κ3) is 1.70. The van der Waals surface area contributed by atoms with Gasteiger partial charge in [-0.1, -0.05) is 26.0 Å². The van der Waals surface area contributed by atoms with Crippen LogP contribution < -0.4 is 0 Å². The van der Waals surface area contributed by atoms with Gasteiger partial charge in [0.1, 0.15) is 0 Å². The summed E-state index contributed by atoms with van der Waals surface area (Å²) in [6.45, 7) is 6.18. The lowest BCUT2D eigenvalue weighted by Crippen LogP contribution is -2.29. The number of hydrogen-bond donors (Lipinski definition) is 1. The first-order chi connectivity index (χ1) is 8.66. The third-order valence-electron chi connectivity index (χ3n) is 4.09. The van der Waals surface area contributed by atoms with Gasteiger partial charge in [-0.05, 0) is 24.0 Å². The van der Waals surface area contributed by atoms with Gasteiger partial charge in [0.2, 0.25) is 0 Å². The number of H-pyrrole nitrogens is 1. The fraction of sp³-hybridized carbons (Fsp3) is 0.400. The number of rotatable bonds is 1. The Balaban J connectivity index is 1.95. The number of aromatic nitrogens is 1. The van der Waals surface area contributed by atoms with Crippen molar-refractivity contribution in [1.82, 2.24) is 9.88 Å². The summed E-state index contributed by atoms with van der Waals surface area (Å²) in [7, 11) is 0. The molecule has 1 aromatic carbocycles. The van der Waals surface area contributed by atoms with Crippen LogP contribution in [0.25, 0.3) is 10.9 Å². The molecule has 2 heterocycles. The van der Waals surface area contributed by atoms with Crippen molar-refractivity contribution in [3.63, 3.8) is 0 Å². The number of carbonyl (C=O) groups is 1. The number of aromatic amines is 1. The maximum absolute atomic E-state index is 12.6. The van der Waals surface area contributed by atoms with Gasteiger partial charge in [-0.2, -0.15) is 0 Å². The fourth-order valence-electron chi connectivity index (χ4n) is 2.73. The summed E-state index contributed by atoms with van der Waals surface area (Å²) in [5.74, 6) is 1.34. The molecule has 0 radical (unpaired) electrons. The molecule has 1 fully saturated rings. The maximum Gasteiger partial charge on any atom is 0.256 e. The molecule has 0 saturated carbocycles. The van der Waals surface area contributed by atoms with Gasteiger partial charge in [0, 0.05) is 24.7 Å². The number of nitrogens with one attached hydrogen (secondary N) is 1. The summed E-state index contributed by atoms with van der Waals surface area (Å²) in [5, 5.41) is 1.10. The van der Waals surface area contributed by atoms with Gasteiger partial charge in [-0.25, -0.2) is 0 Å². The summed E-state index contributed by atoms with van der Waals surface area (Å²) in [6, 6.07) is 7.89. The molecule has 2 atom stereocenters. The highest BCUT2D eigenvalue weighted by atomic mass is 16.2. The van der Waals surface area contributed by atoms with E-state index in [2.05, 4.69) is 18.8 Å². The van der Waals surface area contributed by atoms with E-state index in [0.29, 0.717) is 11.8 Å². The SMILES string of the molecule is CC1CN(C(=O)c2cccc3cc[nH]c23)CC1C. The molecule has 1 aliphatic rings. The van der Waals surface area contributed by atoms with Gasteiger partial charge in [0.15, 0.2) is 0 Å². The Hall–Kier alpha value is -1.77. The molecule has 2 aromatic rings. The minimum Gasteiger partial charge on any atom is -0.361 e. The standard InChI is InChI=1S/C15H18N2O/c1-10-8-17(9-11(10)2)15(18)13-5-3-4-12-6-7-16-14(12)13/h3-7,10-11,16H,8-9H2,1-2H3. The number of para-hydroxylation sites is 1. The molecule has 1 aliphatic heterocycles. The van der Waals surface area contributed by atoms with Gasteiger partial charge < -0.3 is 9.88 Å². The van der Waals surface area contributed by atoms with Gasteiger partial charge in [0.25, 0.3) is 5.91 Å². The molecule has 3 heteroatoms. The Morgan fingerprint density at radius 3 is 2.67 bits per heavy atom. The minimum atomic E-state index is 0.152. The van der Waals surface area contributed by atoms with E-state index in [9.17, 15) is 4.79 Å². The Morgan fingerprint density at radius 2 is 1.94 bits per heavy atom. The van der Waals surface area contributed by atoms with Gasteiger partial charge in [0.05, 0.1) is 11.1 Å². The van der Waals surface area contributed by atoms with Crippen molar-refractivity contribution >= 4 is 16.8 Å². The molecule has 0 aliphatic carbocycles. The molecule has 1 amide bonds. The topological polar surface area (TPSA) is 36.1 Å². The van der Waals surface area contributed by atoms with Crippen LogP contribution in [0.5, 0.6) is 0 Å². The van der Waals surface area contributed by atoms with Crippen molar-refractivity contribution in [2.45, 2.75) is 13.8 Å². The monoisotopic (exact) mass is 242 g/mol. The predicted molar refractivity (Wildman–Crippen MR) is 72.5 cm³/mol. The van der Waals surface area contributed by atoms with E-state index in [1.165, 1.54) is 0 Å². The summed E-state index contributed by atoms with van der Waals surface area (Å²) in [6.07, 6.45) is 1.89. The molecule has 3 nitrogen and oxygen atoms in total. The largest absolute Gasteiger partial charge is 0.361 e. The summed E-state index contributed by atoms with van der Waals surface area (Å²) in [4.78, 5) is 17.7. The maximum atomic E-state index is 12.6. The van der Waals surface area contributed by atoms with Crippen LogP contribution in [0, 0.1) is 11.8 Å². The molecule has 1 aromatic heterocycles. The zero-order valence-electron chi connectivity index (χ0n) is 10.8. The second-order valence-electron chi connectivity index (χ2n) is 5.41. The van der Waals surface area contributed by atoms with Crippen LogP contribution in [0.15, 0.2) is 30.5 Å². The molecule has 0 spiro atoms. The third-order valence-corrected chi connectivity index (χ3v) is 4.09. The normalized spacial score (nSPS) is 23.8. The highest BCUT2D eigenvalue weighted by Gasteiger charge is 2.30. The van der Waals surface area contributed by atoms with Crippen molar-refractivity contribution in [3.8, 4) is 0 Å². The number of benzene rings is 1. The van der Waals surface area contributed by atoms with Crippen molar-refractivity contribution in [3.05, 3.63) is 36.0 Å². The van der Waals surface area contributed by atoms with E-state index < -0.39 is 0 Å². The highest BCUT2D eigenvalue weighted by molar-refractivity contribution is 6.05. The second-order valence-corrected chi connectivity index (χ2v) is 5.41. The smallest absolute Gasteiger partial charge is 0.256 e. The zero-order valence-corrected chi connectivity index (χ0v) is 10.8. The van der Waals surface area contributed by atoms with Gasteiger partial charge >= 0.3 is 0 Å². The number of carbonyl (C=O) groups excluding carboxylic acids is 1. The fourth-order valence-corrected chi connectivity index (χ4v) is 2.73. The van der Waals surface area contributed by atoms with Crippen LogP contribution in [0.2, 0.25) is 0 Å². The average Bonchev–Trinajstić information content (AvgIpc) is 2.95. The number of nitrogens with zero attached hydrogens (tertiary/aromatic N) is 1. The van der Waals surface area contributed by atoms with E-state index in [4.69, 9.17) is 0 Å². The van der Waals surface area contributed by atoms with Gasteiger partial charge in [-0.3, -0.25) is 4.79 Å². The van der Waals surface area contributed by atoms with Crippen LogP contribution in [-0.4, -0.2) is 28.9 Å². The molecule has 1 N–H and O–H groups in total. The molecule has 1 saturated heterocycles. The van der Waals surface area contributed by atoms with Crippen LogP contribution in [-0.2, 0) is 0 Å². The number of likely N-dealkylation sites (tertiary alicyclic amines) is 1. The van der Waals surface area contributed by atoms with Crippen molar-refractivity contribution < 1.29 is 4.79 Å². The summed E-state index contributed by atoms with van der Waals surface area (Å²) in [5.41, 5.74) is 1.74. The van der Waals surface area contributed by atoms with E-state index in [-0.39, 0.29) is 5.91 Å². The van der Waals surface area contributed by atoms with Gasteiger partial charge in [-0.15, -0.1) is 0 Å². The second kappa shape index (κ2) is 4.16. The number of hydrogen-bond acceptors (Lipinski definition) is 1. The highest BCUT2D eigenvalue weighted by Crippen LogP contribution is 2.25. The Labute approximate surface area is 107 Å². The quantitative estimate of drug-likeness (QED) is 0.820.